The molecule has 0 saturated carbocycles. The molecule has 0 radical (unpaired) electrons. The summed E-state index contributed by atoms with van der Waals surface area (Å²) < 4.78 is 0. The molecular weight excluding hydrogens is 316 g/mol. The summed E-state index contributed by atoms with van der Waals surface area (Å²) in [6.45, 7) is 2.85. The van der Waals surface area contributed by atoms with Crippen molar-refractivity contribution in [3.05, 3.63) is 35.3 Å². The highest BCUT2D eigenvalue weighted by molar-refractivity contribution is 7.14. The van der Waals surface area contributed by atoms with Crippen molar-refractivity contribution in [2.45, 2.75) is 13.8 Å². The van der Waals surface area contributed by atoms with E-state index in [-0.39, 0.29) is 23.4 Å². The predicted molar refractivity (Wildman–Crippen MR) is 89.9 cm³/mol. The lowest BCUT2D eigenvalue weighted by Crippen LogP contribution is -2.22. The van der Waals surface area contributed by atoms with E-state index in [9.17, 15) is 14.4 Å². The summed E-state index contributed by atoms with van der Waals surface area (Å²) in [5, 5.41) is 7.18. The van der Waals surface area contributed by atoms with Gasteiger partial charge >= 0.3 is 0 Å². The number of nitrogens with one attached hydrogen (secondary N) is 2. The molecule has 2 aromatic rings. The maximum absolute atomic E-state index is 12.1. The Kier molecular flexibility index (Phi) is 5.07. The molecule has 0 aliphatic heterocycles. The van der Waals surface area contributed by atoms with Crippen LogP contribution in [0.5, 0.6) is 0 Å². The van der Waals surface area contributed by atoms with Gasteiger partial charge in [0.25, 0.3) is 5.91 Å². The molecule has 8 heteroatoms. The molecule has 1 heterocycles. The Hall–Kier alpha value is -2.74. The number of anilines is 3. The molecule has 0 unspecified atom stereocenters. The highest BCUT2D eigenvalue weighted by atomic mass is 32.1. The van der Waals surface area contributed by atoms with Crippen LogP contribution in [0.1, 0.15) is 24.3 Å². The van der Waals surface area contributed by atoms with Crippen molar-refractivity contribution >= 4 is 45.6 Å². The summed E-state index contributed by atoms with van der Waals surface area (Å²) in [5.74, 6) is -0.684. The third-order valence-corrected chi connectivity index (χ3v) is 3.76. The van der Waals surface area contributed by atoms with Crippen molar-refractivity contribution in [1.29, 1.82) is 0 Å². The number of carbonyl (C=O) groups is 3. The Labute approximate surface area is 137 Å². The van der Waals surface area contributed by atoms with Gasteiger partial charge in [-0.05, 0) is 24.3 Å². The van der Waals surface area contributed by atoms with Gasteiger partial charge in [-0.1, -0.05) is 0 Å². The molecule has 23 heavy (non-hydrogen) atoms. The molecule has 0 aliphatic rings. The van der Waals surface area contributed by atoms with E-state index < -0.39 is 0 Å². The topological polar surface area (TPSA) is 91.4 Å². The summed E-state index contributed by atoms with van der Waals surface area (Å²) in [6, 6.07) is 6.88. The molecule has 0 aliphatic carbocycles. The van der Waals surface area contributed by atoms with Crippen LogP contribution in [-0.2, 0) is 9.59 Å². The lowest BCUT2D eigenvalue weighted by molar-refractivity contribution is -0.116. The first-order valence-electron chi connectivity index (χ1n) is 6.75. The number of nitrogens with zero attached hydrogens (tertiary/aromatic N) is 2. The van der Waals surface area contributed by atoms with E-state index in [1.54, 1.807) is 36.7 Å². The standard InChI is InChI=1S/C15H16N4O3S/c1-9(20)16-15-18-13(8-23-15)14(22)17-11-4-6-12(7-5-11)19(3)10(2)21/h4-8H,1-3H3,(H,17,22)(H,16,18,20). The average molecular weight is 332 g/mol. The zero-order chi connectivity index (χ0) is 17.0. The molecule has 120 valence electrons. The van der Waals surface area contributed by atoms with E-state index >= 15 is 0 Å². The van der Waals surface area contributed by atoms with Gasteiger partial charge < -0.3 is 15.5 Å². The normalized spacial score (nSPS) is 10.0. The van der Waals surface area contributed by atoms with Crippen molar-refractivity contribution in [3.8, 4) is 0 Å². The van der Waals surface area contributed by atoms with Crippen LogP contribution in [0.2, 0.25) is 0 Å². The number of aromatic nitrogens is 1. The number of thiazole rings is 1. The van der Waals surface area contributed by atoms with Gasteiger partial charge in [-0.15, -0.1) is 11.3 Å². The zero-order valence-corrected chi connectivity index (χ0v) is 13.7. The van der Waals surface area contributed by atoms with Crippen LogP contribution < -0.4 is 15.5 Å². The zero-order valence-electron chi connectivity index (χ0n) is 12.9. The third kappa shape index (κ3) is 4.36. The fraction of sp³-hybridized carbons (Fsp3) is 0.200. The van der Waals surface area contributed by atoms with E-state index in [2.05, 4.69) is 15.6 Å². The maximum Gasteiger partial charge on any atom is 0.275 e. The van der Waals surface area contributed by atoms with Gasteiger partial charge in [-0.2, -0.15) is 0 Å². The first kappa shape index (κ1) is 16.6. The summed E-state index contributed by atoms with van der Waals surface area (Å²) in [5.41, 5.74) is 1.55. The molecule has 7 nitrogen and oxygen atoms in total. The number of hydrogen-bond acceptors (Lipinski definition) is 5. The minimum absolute atomic E-state index is 0.0743. The van der Waals surface area contributed by atoms with Crippen molar-refractivity contribution in [1.82, 2.24) is 4.98 Å². The summed E-state index contributed by atoms with van der Waals surface area (Å²) in [7, 11) is 1.68. The van der Waals surface area contributed by atoms with Crippen LogP contribution >= 0.6 is 11.3 Å². The first-order chi connectivity index (χ1) is 10.9. The minimum Gasteiger partial charge on any atom is -0.321 e. The van der Waals surface area contributed by atoms with Crippen LogP contribution in [-0.4, -0.2) is 29.8 Å². The molecular formula is C15H16N4O3S. The van der Waals surface area contributed by atoms with Crippen LogP contribution in [0.4, 0.5) is 16.5 Å². The van der Waals surface area contributed by atoms with Gasteiger partial charge in [-0.3, -0.25) is 14.4 Å². The lowest BCUT2D eigenvalue weighted by atomic mass is 10.2. The minimum atomic E-state index is -0.370. The highest BCUT2D eigenvalue weighted by Crippen LogP contribution is 2.19. The summed E-state index contributed by atoms with van der Waals surface area (Å²) >= 11 is 1.18. The smallest absolute Gasteiger partial charge is 0.275 e. The Morgan fingerprint density at radius 2 is 1.74 bits per heavy atom. The Morgan fingerprint density at radius 1 is 1.09 bits per heavy atom. The number of carbonyl (C=O) groups excluding carboxylic acids is 3. The summed E-state index contributed by atoms with van der Waals surface area (Å²) in [4.78, 5) is 39.9. The lowest BCUT2D eigenvalue weighted by Gasteiger charge is -2.15. The van der Waals surface area contributed by atoms with Gasteiger partial charge in [-0.25, -0.2) is 4.98 Å². The SMILES string of the molecule is CC(=O)Nc1nc(C(=O)Nc2ccc(N(C)C(C)=O)cc2)cs1. The Balaban J connectivity index is 2.04. The second-order valence-electron chi connectivity index (χ2n) is 4.80. The predicted octanol–water partition coefficient (Wildman–Crippen LogP) is 2.34. The van der Waals surface area contributed by atoms with E-state index in [1.165, 1.54) is 30.1 Å². The number of hydrogen-bond donors (Lipinski definition) is 2. The molecule has 0 atom stereocenters. The molecule has 0 saturated heterocycles. The Morgan fingerprint density at radius 3 is 2.30 bits per heavy atom. The fourth-order valence-electron chi connectivity index (χ4n) is 1.73. The van der Waals surface area contributed by atoms with E-state index in [0.717, 1.165) is 5.69 Å². The van der Waals surface area contributed by atoms with Crippen molar-refractivity contribution in [2.75, 3.05) is 22.6 Å². The number of benzene rings is 1. The molecule has 3 amide bonds. The van der Waals surface area contributed by atoms with Crippen molar-refractivity contribution in [2.24, 2.45) is 0 Å². The molecule has 2 rings (SSSR count). The van der Waals surface area contributed by atoms with E-state index in [1.807, 2.05) is 0 Å². The first-order valence-corrected chi connectivity index (χ1v) is 7.63. The molecule has 2 N–H and O–H groups in total. The van der Waals surface area contributed by atoms with Crippen LogP contribution in [0.25, 0.3) is 0 Å². The fourth-order valence-corrected chi connectivity index (χ4v) is 2.47. The van der Waals surface area contributed by atoms with Gasteiger partial charge in [0.15, 0.2) is 5.13 Å². The highest BCUT2D eigenvalue weighted by Gasteiger charge is 2.12. The van der Waals surface area contributed by atoms with E-state index in [4.69, 9.17) is 0 Å². The molecule has 1 aromatic carbocycles. The van der Waals surface area contributed by atoms with Crippen LogP contribution in [0, 0.1) is 0 Å². The second-order valence-corrected chi connectivity index (χ2v) is 5.66. The van der Waals surface area contributed by atoms with Crippen LogP contribution in [0.15, 0.2) is 29.6 Å². The van der Waals surface area contributed by atoms with Gasteiger partial charge in [0, 0.05) is 37.6 Å². The third-order valence-electron chi connectivity index (χ3n) is 3.00. The second kappa shape index (κ2) is 7.01. The molecule has 0 fully saturated rings. The Bertz CT molecular complexity index is 739. The van der Waals surface area contributed by atoms with Crippen molar-refractivity contribution in [3.63, 3.8) is 0 Å². The molecule has 0 spiro atoms. The van der Waals surface area contributed by atoms with Gasteiger partial charge in [0.1, 0.15) is 5.69 Å². The maximum atomic E-state index is 12.1. The number of amides is 3. The number of rotatable bonds is 4. The average Bonchev–Trinajstić information content (AvgIpc) is 2.95. The molecule has 0 bridgehead atoms. The quantitative estimate of drug-likeness (QED) is 0.899. The van der Waals surface area contributed by atoms with Crippen molar-refractivity contribution < 1.29 is 14.4 Å². The van der Waals surface area contributed by atoms with Gasteiger partial charge in [0.05, 0.1) is 0 Å². The monoisotopic (exact) mass is 332 g/mol. The van der Waals surface area contributed by atoms with E-state index in [0.29, 0.717) is 10.8 Å². The van der Waals surface area contributed by atoms with Crippen LogP contribution in [0.3, 0.4) is 0 Å². The van der Waals surface area contributed by atoms with Gasteiger partial charge in [0.2, 0.25) is 11.8 Å². The molecule has 1 aromatic heterocycles. The largest absolute Gasteiger partial charge is 0.321 e. The summed E-state index contributed by atoms with van der Waals surface area (Å²) in [6.07, 6.45) is 0.